The molecular formula is C15H14BrN5O3S. The van der Waals surface area contributed by atoms with Crippen molar-refractivity contribution in [1.82, 2.24) is 20.2 Å². The first-order valence-corrected chi connectivity index (χ1v) is 9.45. The number of methoxy groups -OCH3 is 1. The number of hydrogen-bond acceptors (Lipinski definition) is 6. The van der Waals surface area contributed by atoms with Crippen LogP contribution in [0.25, 0.3) is 11.4 Å². The van der Waals surface area contributed by atoms with Crippen molar-refractivity contribution in [1.29, 1.82) is 0 Å². The molecule has 8 nitrogen and oxygen atoms in total. The largest absolute Gasteiger partial charge is 0.497 e. The van der Waals surface area contributed by atoms with E-state index in [9.17, 15) is 8.42 Å². The van der Waals surface area contributed by atoms with Crippen LogP contribution in [-0.4, -0.2) is 35.7 Å². The zero-order valence-corrected chi connectivity index (χ0v) is 15.5. The van der Waals surface area contributed by atoms with Crippen LogP contribution >= 0.6 is 15.9 Å². The molecule has 0 aliphatic carbocycles. The number of nitrogens with two attached hydrogens (primary N) is 1. The summed E-state index contributed by atoms with van der Waals surface area (Å²) in [5, 5.41) is 16.9. The second-order valence-electron chi connectivity index (χ2n) is 5.17. The van der Waals surface area contributed by atoms with Gasteiger partial charge in [0.1, 0.15) is 5.75 Å². The summed E-state index contributed by atoms with van der Waals surface area (Å²) in [5.41, 5.74) is 1.25. The minimum absolute atomic E-state index is 0.0485. The van der Waals surface area contributed by atoms with E-state index in [-0.39, 0.29) is 4.90 Å². The van der Waals surface area contributed by atoms with E-state index in [2.05, 4.69) is 31.5 Å². The van der Waals surface area contributed by atoms with Crippen LogP contribution in [0.1, 0.15) is 5.56 Å². The SMILES string of the molecule is COc1ccc(Cn2nnnc2-c2c(Br)cccc2S(N)(=O)=O)cc1. The van der Waals surface area contributed by atoms with Crippen molar-refractivity contribution < 1.29 is 13.2 Å². The fourth-order valence-corrected chi connectivity index (χ4v) is 3.78. The Morgan fingerprint density at radius 3 is 2.56 bits per heavy atom. The predicted octanol–water partition coefficient (Wildman–Crippen LogP) is 1.81. The number of primary sulfonamides is 1. The van der Waals surface area contributed by atoms with Gasteiger partial charge in [-0.05, 0) is 56.2 Å². The van der Waals surface area contributed by atoms with Crippen molar-refractivity contribution in [3.63, 3.8) is 0 Å². The highest BCUT2D eigenvalue weighted by atomic mass is 79.9. The number of tetrazole rings is 1. The summed E-state index contributed by atoms with van der Waals surface area (Å²) < 4.78 is 31.0. The maximum Gasteiger partial charge on any atom is 0.238 e. The third kappa shape index (κ3) is 3.70. The quantitative estimate of drug-likeness (QED) is 0.669. The van der Waals surface area contributed by atoms with Crippen LogP contribution in [0, 0.1) is 0 Å². The van der Waals surface area contributed by atoms with Crippen LogP contribution in [-0.2, 0) is 16.6 Å². The van der Waals surface area contributed by atoms with Crippen molar-refractivity contribution >= 4 is 26.0 Å². The van der Waals surface area contributed by atoms with E-state index in [4.69, 9.17) is 9.88 Å². The molecule has 1 aromatic heterocycles. The van der Waals surface area contributed by atoms with Crippen molar-refractivity contribution in [2.45, 2.75) is 11.4 Å². The van der Waals surface area contributed by atoms with Gasteiger partial charge in [0.15, 0.2) is 5.82 Å². The topological polar surface area (TPSA) is 113 Å². The Labute approximate surface area is 152 Å². The van der Waals surface area contributed by atoms with Crippen LogP contribution < -0.4 is 9.88 Å². The van der Waals surface area contributed by atoms with E-state index < -0.39 is 10.0 Å². The Bertz CT molecular complexity index is 1000. The van der Waals surface area contributed by atoms with Crippen LogP contribution in [0.4, 0.5) is 0 Å². The lowest BCUT2D eigenvalue weighted by atomic mass is 10.2. The molecule has 0 bridgehead atoms. The van der Waals surface area contributed by atoms with E-state index in [1.165, 1.54) is 10.7 Å². The summed E-state index contributed by atoms with van der Waals surface area (Å²) >= 11 is 3.35. The van der Waals surface area contributed by atoms with Crippen LogP contribution in [0.5, 0.6) is 5.75 Å². The fourth-order valence-electron chi connectivity index (χ4n) is 2.35. The molecule has 2 N–H and O–H groups in total. The molecule has 0 fully saturated rings. The minimum Gasteiger partial charge on any atom is -0.497 e. The van der Waals surface area contributed by atoms with Gasteiger partial charge in [0.25, 0.3) is 0 Å². The lowest BCUT2D eigenvalue weighted by Crippen LogP contribution is -2.15. The standard InChI is InChI=1S/C15H14BrN5O3S/c1-24-11-7-5-10(6-8-11)9-21-15(18-19-20-21)14-12(16)3-2-4-13(14)25(17,22)23/h2-8H,9H2,1H3,(H2,17,22,23). The van der Waals surface area contributed by atoms with Gasteiger partial charge in [-0.1, -0.05) is 18.2 Å². The average molecular weight is 424 g/mol. The molecule has 0 aliphatic heterocycles. The second-order valence-corrected chi connectivity index (χ2v) is 7.55. The smallest absolute Gasteiger partial charge is 0.238 e. The Balaban J connectivity index is 2.05. The van der Waals surface area contributed by atoms with Gasteiger partial charge in [-0.2, -0.15) is 0 Å². The van der Waals surface area contributed by atoms with Gasteiger partial charge >= 0.3 is 0 Å². The molecule has 25 heavy (non-hydrogen) atoms. The normalized spacial score (nSPS) is 11.5. The third-order valence-corrected chi connectivity index (χ3v) is 5.14. The lowest BCUT2D eigenvalue weighted by molar-refractivity contribution is 0.414. The molecule has 0 amide bonds. The molecule has 2 aromatic carbocycles. The number of ether oxygens (including phenoxy) is 1. The number of sulfonamides is 1. The molecule has 1 heterocycles. The Kier molecular flexibility index (Phi) is 4.84. The molecule has 130 valence electrons. The highest BCUT2D eigenvalue weighted by Crippen LogP contribution is 2.32. The number of aromatic nitrogens is 4. The Morgan fingerprint density at radius 1 is 1.20 bits per heavy atom. The molecule has 0 unspecified atom stereocenters. The first-order chi connectivity index (χ1) is 11.9. The summed E-state index contributed by atoms with van der Waals surface area (Å²) in [7, 11) is -2.34. The first kappa shape index (κ1) is 17.5. The number of nitrogens with zero attached hydrogens (tertiary/aromatic N) is 4. The highest BCUT2D eigenvalue weighted by molar-refractivity contribution is 9.10. The molecular weight excluding hydrogens is 410 g/mol. The van der Waals surface area contributed by atoms with Gasteiger partial charge in [-0.15, -0.1) is 5.10 Å². The van der Waals surface area contributed by atoms with E-state index in [1.54, 1.807) is 19.2 Å². The maximum absolute atomic E-state index is 11.9. The predicted molar refractivity (Wildman–Crippen MR) is 94.4 cm³/mol. The van der Waals surface area contributed by atoms with Gasteiger partial charge in [-0.25, -0.2) is 18.2 Å². The summed E-state index contributed by atoms with van der Waals surface area (Å²) in [6, 6.07) is 12.1. The molecule has 0 saturated heterocycles. The Morgan fingerprint density at radius 2 is 1.92 bits per heavy atom. The van der Waals surface area contributed by atoms with Crippen molar-refractivity contribution in [2.75, 3.05) is 7.11 Å². The molecule has 0 saturated carbocycles. The monoisotopic (exact) mass is 423 g/mol. The lowest BCUT2D eigenvalue weighted by Gasteiger charge is -2.10. The van der Waals surface area contributed by atoms with Crippen molar-refractivity contribution in [3.8, 4) is 17.1 Å². The number of halogens is 1. The maximum atomic E-state index is 11.9. The molecule has 3 aromatic rings. The highest BCUT2D eigenvalue weighted by Gasteiger charge is 2.22. The van der Waals surface area contributed by atoms with Gasteiger partial charge in [0.05, 0.1) is 24.1 Å². The van der Waals surface area contributed by atoms with E-state index >= 15 is 0 Å². The third-order valence-electron chi connectivity index (χ3n) is 3.53. The minimum atomic E-state index is -3.94. The summed E-state index contributed by atoms with van der Waals surface area (Å²) in [4.78, 5) is -0.0485. The molecule has 0 radical (unpaired) electrons. The summed E-state index contributed by atoms with van der Waals surface area (Å²) in [5.74, 6) is 1.04. The molecule has 3 rings (SSSR count). The Hall–Kier alpha value is -2.30. The first-order valence-electron chi connectivity index (χ1n) is 7.11. The summed E-state index contributed by atoms with van der Waals surface area (Å²) in [6.45, 7) is 0.359. The van der Waals surface area contributed by atoms with E-state index in [0.29, 0.717) is 22.4 Å². The number of hydrogen-bond donors (Lipinski definition) is 1. The van der Waals surface area contributed by atoms with Gasteiger partial charge < -0.3 is 4.74 Å². The second kappa shape index (κ2) is 6.90. The number of rotatable bonds is 5. The van der Waals surface area contributed by atoms with Crippen molar-refractivity contribution in [2.24, 2.45) is 5.14 Å². The van der Waals surface area contributed by atoms with E-state index in [1.807, 2.05) is 24.3 Å². The van der Waals surface area contributed by atoms with Crippen LogP contribution in [0.15, 0.2) is 51.8 Å². The van der Waals surface area contributed by atoms with Gasteiger partial charge in [-0.3, -0.25) is 0 Å². The van der Waals surface area contributed by atoms with Crippen LogP contribution in [0.2, 0.25) is 0 Å². The van der Waals surface area contributed by atoms with Gasteiger partial charge in [0.2, 0.25) is 10.0 Å². The zero-order valence-electron chi connectivity index (χ0n) is 13.1. The van der Waals surface area contributed by atoms with E-state index in [0.717, 1.165) is 11.3 Å². The molecule has 0 aliphatic rings. The molecule has 0 spiro atoms. The van der Waals surface area contributed by atoms with Crippen LogP contribution in [0.3, 0.4) is 0 Å². The van der Waals surface area contributed by atoms with Crippen molar-refractivity contribution in [3.05, 3.63) is 52.5 Å². The zero-order chi connectivity index (χ0) is 18.0. The molecule has 0 atom stereocenters. The molecule has 10 heteroatoms. The van der Waals surface area contributed by atoms with Gasteiger partial charge in [0, 0.05) is 4.47 Å². The average Bonchev–Trinajstić information content (AvgIpc) is 3.02. The fraction of sp³-hybridized carbons (Fsp3) is 0.133. The summed E-state index contributed by atoms with van der Waals surface area (Å²) in [6.07, 6.45) is 0. The number of benzene rings is 2.